The number of methoxy groups -OCH3 is 1. The van der Waals surface area contributed by atoms with Gasteiger partial charge in [0, 0.05) is 44.2 Å². The summed E-state index contributed by atoms with van der Waals surface area (Å²) in [6.07, 6.45) is 4.00. The lowest BCUT2D eigenvalue weighted by molar-refractivity contribution is -0.136. The third-order valence-electron chi connectivity index (χ3n) is 5.23. The lowest BCUT2D eigenvalue weighted by atomic mass is 10.0. The summed E-state index contributed by atoms with van der Waals surface area (Å²) in [4.78, 5) is 47.3. The van der Waals surface area contributed by atoms with Gasteiger partial charge < -0.3 is 29.7 Å². The zero-order valence-electron chi connectivity index (χ0n) is 17.5. The number of hydrogen-bond acceptors (Lipinski definition) is 8. The lowest BCUT2D eigenvalue weighted by Gasteiger charge is -2.32. The lowest BCUT2D eigenvalue weighted by Crippen LogP contribution is -2.47. The van der Waals surface area contributed by atoms with E-state index in [9.17, 15) is 14.4 Å². The monoisotopic (exact) mass is 441 g/mol. The number of amides is 3. The Hall–Kier alpha value is -3.73. The molecule has 1 aromatic carbocycles. The van der Waals surface area contributed by atoms with Crippen LogP contribution in [0.25, 0.3) is 0 Å². The van der Waals surface area contributed by atoms with Gasteiger partial charge in [0.15, 0.2) is 23.0 Å². The molecule has 0 spiro atoms. The number of piperidine rings is 1. The number of nitrogens with zero attached hydrogens (tertiary/aromatic N) is 3. The van der Waals surface area contributed by atoms with Crippen molar-refractivity contribution in [1.82, 2.24) is 20.2 Å². The highest BCUT2D eigenvalue weighted by Gasteiger charge is 2.26. The minimum absolute atomic E-state index is 0.0134. The highest BCUT2D eigenvalue weighted by Crippen LogP contribution is 2.32. The van der Waals surface area contributed by atoms with Crippen molar-refractivity contribution >= 4 is 23.5 Å². The maximum absolute atomic E-state index is 12.8. The Bertz CT molecular complexity index is 1020. The predicted octanol–water partition coefficient (Wildman–Crippen LogP) is 0.825. The number of fused-ring (bicyclic) bond motifs is 1. The van der Waals surface area contributed by atoms with Crippen LogP contribution in [0.5, 0.6) is 11.5 Å². The maximum Gasteiger partial charge on any atom is 0.273 e. The minimum atomic E-state index is -0.456. The summed E-state index contributed by atoms with van der Waals surface area (Å²) in [6.45, 7) is 1.21. The molecule has 0 saturated carbocycles. The number of rotatable bonds is 6. The van der Waals surface area contributed by atoms with Gasteiger partial charge in [-0.05, 0) is 31.0 Å². The molecule has 0 unspecified atom stereocenters. The Labute approximate surface area is 184 Å². The molecule has 2 aromatic rings. The number of carbonyl (C=O) groups is 3. The summed E-state index contributed by atoms with van der Waals surface area (Å²) in [7, 11) is 1.48. The van der Waals surface area contributed by atoms with E-state index in [0.717, 1.165) is 0 Å². The van der Waals surface area contributed by atoms with Crippen LogP contribution >= 0.6 is 0 Å². The highest BCUT2D eigenvalue weighted by atomic mass is 16.7. The molecule has 11 nitrogen and oxygen atoms in total. The molecule has 168 valence electrons. The Kier molecular flexibility index (Phi) is 6.45. The van der Waals surface area contributed by atoms with E-state index in [0.29, 0.717) is 43.0 Å². The number of carbonyl (C=O) groups excluding carboxylic acids is 3. The third-order valence-corrected chi connectivity index (χ3v) is 5.23. The zero-order valence-corrected chi connectivity index (χ0v) is 17.5. The number of ether oxygens (including phenoxy) is 3. The summed E-state index contributed by atoms with van der Waals surface area (Å²) in [5.41, 5.74) is 0.346. The Morgan fingerprint density at radius 3 is 2.62 bits per heavy atom. The van der Waals surface area contributed by atoms with Gasteiger partial charge in [0.1, 0.15) is 6.61 Å². The van der Waals surface area contributed by atoms with Gasteiger partial charge in [-0.3, -0.25) is 14.4 Å². The molecule has 0 aliphatic carbocycles. The average Bonchev–Trinajstić information content (AvgIpc) is 3.28. The summed E-state index contributed by atoms with van der Waals surface area (Å²) in [6, 6.07) is 4.68. The first kappa shape index (κ1) is 21.5. The third kappa shape index (κ3) is 4.78. The Morgan fingerprint density at radius 1 is 1.09 bits per heavy atom. The van der Waals surface area contributed by atoms with E-state index >= 15 is 0 Å². The molecule has 1 saturated heterocycles. The zero-order chi connectivity index (χ0) is 22.5. The van der Waals surface area contributed by atoms with Gasteiger partial charge in [0.05, 0.1) is 0 Å². The first-order valence-corrected chi connectivity index (χ1v) is 10.1. The molecule has 0 bridgehead atoms. The smallest absolute Gasteiger partial charge is 0.273 e. The number of benzene rings is 1. The van der Waals surface area contributed by atoms with Crippen molar-refractivity contribution in [1.29, 1.82) is 0 Å². The van der Waals surface area contributed by atoms with Gasteiger partial charge >= 0.3 is 0 Å². The molecule has 3 amide bonds. The molecule has 32 heavy (non-hydrogen) atoms. The van der Waals surface area contributed by atoms with Crippen molar-refractivity contribution < 1.29 is 28.6 Å². The molecule has 4 rings (SSSR count). The van der Waals surface area contributed by atoms with Crippen LogP contribution in [0.4, 0.5) is 5.82 Å². The van der Waals surface area contributed by atoms with Gasteiger partial charge in [0.2, 0.25) is 12.7 Å². The molecule has 0 atom stereocenters. The van der Waals surface area contributed by atoms with E-state index in [-0.39, 0.29) is 36.9 Å². The van der Waals surface area contributed by atoms with Crippen LogP contribution in [0, 0.1) is 0 Å². The minimum Gasteiger partial charge on any atom is -0.454 e. The number of nitrogens with one attached hydrogen (secondary N) is 2. The first-order chi connectivity index (χ1) is 15.5. The summed E-state index contributed by atoms with van der Waals surface area (Å²) in [5, 5.41) is 5.55. The SMILES string of the molecule is COCC(=O)N1CCC(NC(=O)c2nccnc2NC(=O)c2ccc3c(c2)OCO3)CC1. The fourth-order valence-corrected chi connectivity index (χ4v) is 3.55. The fourth-order valence-electron chi connectivity index (χ4n) is 3.55. The summed E-state index contributed by atoms with van der Waals surface area (Å²) < 4.78 is 15.4. The van der Waals surface area contributed by atoms with Crippen LogP contribution in [0.2, 0.25) is 0 Å². The van der Waals surface area contributed by atoms with E-state index in [1.165, 1.54) is 19.5 Å². The van der Waals surface area contributed by atoms with Crippen LogP contribution in [-0.2, 0) is 9.53 Å². The van der Waals surface area contributed by atoms with Crippen LogP contribution in [-0.4, -0.2) is 72.2 Å². The van der Waals surface area contributed by atoms with Crippen molar-refractivity contribution in [3.63, 3.8) is 0 Å². The molecule has 2 aliphatic rings. The van der Waals surface area contributed by atoms with Gasteiger partial charge in [-0.2, -0.15) is 0 Å². The molecule has 1 aromatic heterocycles. The molecule has 11 heteroatoms. The second kappa shape index (κ2) is 9.60. The summed E-state index contributed by atoms with van der Waals surface area (Å²) >= 11 is 0. The molecule has 3 heterocycles. The predicted molar refractivity (Wildman–Crippen MR) is 111 cm³/mol. The van der Waals surface area contributed by atoms with Crippen LogP contribution in [0.3, 0.4) is 0 Å². The largest absolute Gasteiger partial charge is 0.454 e. The second-order valence-electron chi connectivity index (χ2n) is 7.34. The topological polar surface area (TPSA) is 132 Å². The van der Waals surface area contributed by atoms with Crippen molar-refractivity contribution in [2.24, 2.45) is 0 Å². The summed E-state index contributed by atoms with van der Waals surface area (Å²) in [5.74, 6) is 0.129. The maximum atomic E-state index is 12.8. The quantitative estimate of drug-likeness (QED) is 0.674. The molecular weight excluding hydrogens is 418 g/mol. The second-order valence-corrected chi connectivity index (χ2v) is 7.34. The number of hydrogen-bond donors (Lipinski definition) is 2. The van der Waals surface area contributed by atoms with Crippen molar-refractivity contribution in [2.75, 3.05) is 38.9 Å². The normalized spacial score (nSPS) is 15.3. The van der Waals surface area contributed by atoms with Gasteiger partial charge in [-0.25, -0.2) is 9.97 Å². The molecular formula is C21H23N5O6. The van der Waals surface area contributed by atoms with Crippen LogP contribution in [0.1, 0.15) is 33.7 Å². The first-order valence-electron chi connectivity index (χ1n) is 10.1. The van der Waals surface area contributed by atoms with E-state index in [2.05, 4.69) is 20.6 Å². The molecule has 2 aliphatic heterocycles. The molecule has 2 N–H and O–H groups in total. The van der Waals surface area contributed by atoms with Crippen LogP contribution in [0.15, 0.2) is 30.6 Å². The number of likely N-dealkylation sites (tertiary alicyclic amines) is 1. The molecule has 1 fully saturated rings. The van der Waals surface area contributed by atoms with E-state index < -0.39 is 11.8 Å². The van der Waals surface area contributed by atoms with Gasteiger partial charge in [-0.1, -0.05) is 0 Å². The molecule has 0 radical (unpaired) electrons. The fraction of sp³-hybridized carbons (Fsp3) is 0.381. The number of anilines is 1. The average molecular weight is 441 g/mol. The van der Waals surface area contributed by atoms with E-state index in [1.54, 1.807) is 23.1 Å². The van der Waals surface area contributed by atoms with Crippen molar-refractivity contribution in [3.05, 3.63) is 41.9 Å². The van der Waals surface area contributed by atoms with Gasteiger partial charge in [-0.15, -0.1) is 0 Å². The van der Waals surface area contributed by atoms with Crippen LogP contribution < -0.4 is 20.1 Å². The number of aromatic nitrogens is 2. The van der Waals surface area contributed by atoms with E-state index in [1.807, 2.05) is 0 Å². The Balaban J connectivity index is 1.38. The standard InChI is InChI=1S/C21H23N5O6/c1-30-11-17(27)26-8-4-14(5-9-26)24-21(29)18-19(23-7-6-22-18)25-20(28)13-2-3-15-16(10-13)32-12-31-15/h2-3,6-7,10,14H,4-5,8-9,11-12H2,1H3,(H,24,29)(H,23,25,28). The van der Waals surface area contributed by atoms with Crippen molar-refractivity contribution in [3.8, 4) is 11.5 Å². The van der Waals surface area contributed by atoms with E-state index in [4.69, 9.17) is 14.2 Å². The Morgan fingerprint density at radius 2 is 1.84 bits per heavy atom. The van der Waals surface area contributed by atoms with Gasteiger partial charge in [0.25, 0.3) is 11.8 Å². The van der Waals surface area contributed by atoms with Crippen molar-refractivity contribution in [2.45, 2.75) is 18.9 Å². The highest BCUT2D eigenvalue weighted by molar-refractivity contribution is 6.07.